The van der Waals surface area contributed by atoms with Crippen LogP contribution in [0.15, 0.2) is 46.5 Å². The van der Waals surface area contributed by atoms with E-state index in [4.69, 9.17) is 0 Å². The second-order valence-electron chi connectivity index (χ2n) is 5.31. The molecule has 142 valence electrons. The molecule has 0 atom stereocenters. The number of hydrogen-bond donors (Lipinski definition) is 2. The van der Waals surface area contributed by atoms with Gasteiger partial charge in [0.2, 0.25) is 0 Å². The van der Waals surface area contributed by atoms with Crippen LogP contribution in [0.5, 0.6) is 0 Å². The number of nitrogens with one attached hydrogen (secondary N) is 2. The van der Waals surface area contributed by atoms with E-state index in [9.17, 15) is 13.2 Å². The first-order chi connectivity index (χ1) is 12.6. The van der Waals surface area contributed by atoms with Gasteiger partial charge in [-0.1, -0.05) is 0 Å². The maximum atomic E-state index is 12.8. The van der Waals surface area contributed by atoms with Gasteiger partial charge in [-0.3, -0.25) is 4.57 Å². The summed E-state index contributed by atoms with van der Waals surface area (Å²) >= 11 is 1.65. The molecular weight excluding hydrogens is 363 g/mol. The number of aliphatic imine (C=N–C) groups is 1. The molecule has 0 bridgehead atoms. The molecule has 1 heterocycles. The van der Waals surface area contributed by atoms with E-state index in [0.717, 1.165) is 21.6 Å². The summed E-state index contributed by atoms with van der Waals surface area (Å²) in [6.45, 7) is 0.725. The Kier molecular flexibility index (Phi) is 8.33. The third kappa shape index (κ3) is 6.62. The van der Waals surface area contributed by atoms with Crippen LogP contribution < -0.4 is 10.6 Å². The predicted molar refractivity (Wildman–Crippen MR) is 98.0 cm³/mol. The average Bonchev–Trinajstić information content (AvgIpc) is 3.10. The zero-order valence-electron chi connectivity index (χ0n) is 14.5. The van der Waals surface area contributed by atoms with Crippen molar-refractivity contribution in [3.63, 3.8) is 0 Å². The molecule has 5 nitrogen and oxygen atoms in total. The van der Waals surface area contributed by atoms with Gasteiger partial charge in [0.15, 0.2) is 5.96 Å². The first-order valence-corrected chi connectivity index (χ1v) is 9.29. The van der Waals surface area contributed by atoms with Gasteiger partial charge in [0, 0.05) is 30.4 Å². The fourth-order valence-electron chi connectivity index (χ4n) is 2.14. The Balaban J connectivity index is 1.76. The Labute approximate surface area is 155 Å². The smallest absolute Gasteiger partial charge is 0.319 e. The standard InChI is InChI=1S/C17H22F3N5S/c1-2-21-17(24-12-15-22-9-10-25(15)16(19)20)23-8-3-11-26-14-6-4-13(18)5-7-14/h4-7,9-10,16H,2-3,8,11-12H2,1H3,(H2,21,23,24). The zero-order chi connectivity index (χ0) is 18.8. The Hall–Kier alpha value is -2.16. The van der Waals surface area contributed by atoms with Gasteiger partial charge in [-0.2, -0.15) is 8.78 Å². The van der Waals surface area contributed by atoms with Crippen molar-refractivity contribution in [1.29, 1.82) is 0 Å². The normalized spacial score (nSPS) is 11.8. The molecule has 0 aliphatic carbocycles. The number of aromatic nitrogens is 2. The van der Waals surface area contributed by atoms with Crippen molar-refractivity contribution >= 4 is 17.7 Å². The summed E-state index contributed by atoms with van der Waals surface area (Å²) in [6, 6.07) is 6.40. The van der Waals surface area contributed by atoms with Crippen molar-refractivity contribution in [2.45, 2.75) is 31.3 Å². The van der Waals surface area contributed by atoms with E-state index in [1.54, 1.807) is 23.9 Å². The van der Waals surface area contributed by atoms with Crippen LogP contribution in [-0.2, 0) is 6.54 Å². The second kappa shape index (κ2) is 10.7. The molecule has 0 aliphatic heterocycles. The van der Waals surface area contributed by atoms with Gasteiger partial charge >= 0.3 is 6.55 Å². The van der Waals surface area contributed by atoms with E-state index in [0.29, 0.717) is 19.0 Å². The maximum absolute atomic E-state index is 12.8. The van der Waals surface area contributed by atoms with Crippen molar-refractivity contribution < 1.29 is 13.2 Å². The molecule has 0 saturated heterocycles. The van der Waals surface area contributed by atoms with E-state index in [1.165, 1.54) is 24.5 Å². The molecule has 0 amide bonds. The minimum absolute atomic E-state index is 0.0665. The average molecular weight is 385 g/mol. The number of imidazole rings is 1. The Bertz CT molecular complexity index is 688. The lowest BCUT2D eigenvalue weighted by molar-refractivity contribution is 0.0671. The van der Waals surface area contributed by atoms with Crippen LogP contribution in [0.2, 0.25) is 0 Å². The highest BCUT2D eigenvalue weighted by molar-refractivity contribution is 7.99. The van der Waals surface area contributed by atoms with Crippen LogP contribution in [0.3, 0.4) is 0 Å². The molecule has 26 heavy (non-hydrogen) atoms. The molecule has 0 spiro atoms. The van der Waals surface area contributed by atoms with E-state index < -0.39 is 6.55 Å². The van der Waals surface area contributed by atoms with Gasteiger partial charge in [-0.25, -0.2) is 14.4 Å². The summed E-state index contributed by atoms with van der Waals surface area (Å²) in [7, 11) is 0. The molecule has 1 aromatic heterocycles. The summed E-state index contributed by atoms with van der Waals surface area (Å²) in [5.74, 6) is 1.40. The van der Waals surface area contributed by atoms with Gasteiger partial charge in [0.25, 0.3) is 0 Å². The fraction of sp³-hybridized carbons (Fsp3) is 0.412. The van der Waals surface area contributed by atoms with E-state index in [2.05, 4.69) is 20.6 Å². The van der Waals surface area contributed by atoms with Gasteiger partial charge in [-0.05, 0) is 43.4 Å². The number of thioether (sulfide) groups is 1. The van der Waals surface area contributed by atoms with Crippen molar-refractivity contribution in [3.8, 4) is 0 Å². The monoisotopic (exact) mass is 385 g/mol. The van der Waals surface area contributed by atoms with Crippen molar-refractivity contribution in [2.75, 3.05) is 18.8 Å². The number of rotatable bonds is 9. The van der Waals surface area contributed by atoms with Gasteiger partial charge in [0.05, 0.1) is 0 Å². The fourth-order valence-corrected chi connectivity index (χ4v) is 2.99. The minimum atomic E-state index is -2.62. The third-order valence-electron chi connectivity index (χ3n) is 3.38. The van der Waals surface area contributed by atoms with Crippen molar-refractivity contribution in [1.82, 2.24) is 20.2 Å². The number of nitrogens with zero attached hydrogens (tertiary/aromatic N) is 3. The largest absolute Gasteiger partial charge is 0.357 e. The van der Waals surface area contributed by atoms with Crippen molar-refractivity contribution in [3.05, 3.63) is 48.3 Å². The lowest BCUT2D eigenvalue weighted by Crippen LogP contribution is -2.38. The summed E-state index contributed by atoms with van der Waals surface area (Å²) in [6.07, 6.45) is 3.45. The summed E-state index contributed by atoms with van der Waals surface area (Å²) in [5.41, 5.74) is 0. The van der Waals surface area contributed by atoms with Gasteiger partial charge in [-0.15, -0.1) is 11.8 Å². The Morgan fingerprint density at radius 3 is 2.73 bits per heavy atom. The number of halogens is 3. The SMILES string of the molecule is CCNC(=NCc1nccn1C(F)F)NCCCSc1ccc(F)cc1. The first-order valence-electron chi connectivity index (χ1n) is 8.30. The summed E-state index contributed by atoms with van der Waals surface area (Å²) in [5, 5.41) is 6.24. The minimum Gasteiger partial charge on any atom is -0.357 e. The predicted octanol–water partition coefficient (Wildman–Crippen LogP) is 3.65. The number of guanidine groups is 1. The van der Waals surface area contributed by atoms with Gasteiger partial charge < -0.3 is 10.6 Å². The molecule has 0 saturated carbocycles. The summed E-state index contributed by atoms with van der Waals surface area (Å²) in [4.78, 5) is 9.22. The molecule has 2 rings (SSSR count). The molecule has 0 radical (unpaired) electrons. The highest BCUT2D eigenvalue weighted by Crippen LogP contribution is 2.18. The Morgan fingerprint density at radius 2 is 2.04 bits per heavy atom. The third-order valence-corrected chi connectivity index (χ3v) is 4.48. The van der Waals surface area contributed by atoms with Crippen molar-refractivity contribution in [2.24, 2.45) is 4.99 Å². The molecule has 2 aromatic rings. The molecule has 0 unspecified atom stereocenters. The van der Waals surface area contributed by atoms with Crippen LogP contribution in [0.1, 0.15) is 25.7 Å². The van der Waals surface area contributed by atoms with Crippen LogP contribution in [0.4, 0.5) is 13.2 Å². The quantitative estimate of drug-likeness (QED) is 0.299. The lowest BCUT2D eigenvalue weighted by Gasteiger charge is -2.11. The number of hydrogen-bond acceptors (Lipinski definition) is 3. The molecule has 0 aliphatic rings. The lowest BCUT2D eigenvalue weighted by atomic mass is 10.4. The number of benzene rings is 1. The molecular formula is C17H22F3N5S. The van der Waals surface area contributed by atoms with Crippen LogP contribution in [0, 0.1) is 5.82 Å². The summed E-state index contributed by atoms with van der Waals surface area (Å²) < 4.78 is 39.3. The first kappa shape index (κ1) is 20.2. The molecule has 1 aromatic carbocycles. The van der Waals surface area contributed by atoms with Crippen LogP contribution in [-0.4, -0.2) is 34.4 Å². The Morgan fingerprint density at radius 1 is 1.27 bits per heavy atom. The molecule has 0 fully saturated rings. The number of alkyl halides is 2. The van der Waals surface area contributed by atoms with Crippen LogP contribution >= 0.6 is 11.8 Å². The highest BCUT2D eigenvalue weighted by Gasteiger charge is 2.10. The van der Waals surface area contributed by atoms with E-state index in [-0.39, 0.29) is 18.2 Å². The van der Waals surface area contributed by atoms with E-state index in [1.807, 2.05) is 6.92 Å². The zero-order valence-corrected chi connectivity index (χ0v) is 15.3. The van der Waals surface area contributed by atoms with Crippen LogP contribution in [0.25, 0.3) is 0 Å². The second-order valence-corrected chi connectivity index (χ2v) is 6.47. The highest BCUT2D eigenvalue weighted by atomic mass is 32.2. The maximum Gasteiger partial charge on any atom is 0.319 e. The topological polar surface area (TPSA) is 54.2 Å². The molecule has 9 heteroatoms. The molecule has 2 N–H and O–H groups in total. The van der Waals surface area contributed by atoms with E-state index >= 15 is 0 Å². The van der Waals surface area contributed by atoms with Gasteiger partial charge in [0.1, 0.15) is 18.2 Å².